The number of carbonyl (C=O) groups excluding carboxylic acids is 1. The van der Waals surface area contributed by atoms with Gasteiger partial charge in [0.05, 0.1) is 18.2 Å². The number of aliphatic carboxylic acids is 1. The van der Waals surface area contributed by atoms with Gasteiger partial charge in [-0.3, -0.25) is 9.48 Å². The Balaban J connectivity index is 1.86. The number of carboxylic acid groups (broad SMARTS) is 1. The number of benzene rings is 1. The molecule has 24 heavy (non-hydrogen) atoms. The molecular weight excluding hydrogens is 317 g/mol. The molecule has 1 aromatic carbocycles. The largest absolute Gasteiger partial charge is 0.490 e. The predicted molar refractivity (Wildman–Crippen MR) is 81.0 cm³/mol. The molecule has 2 aromatic rings. The first-order valence-corrected chi connectivity index (χ1v) is 7.41. The van der Waals surface area contributed by atoms with Crippen LogP contribution in [0.15, 0.2) is 30.5 Å². The summed E-state index contributed by atoms with van der Waals surface area (Å²) in [6, 6.07) is 4.66. The van der Waals surface area contributed by atoms with E-state index in [1.165, 1.54) is 29.1 Å². The van der Waals surface area contributed by atoms with E-state index in [9.17, 15) is 19.1 Å². The van der Waals surface area contributed by atoms with Crippen LogP contribution in [0, 0.1) is 5.82 Å². The molecule has 126 valence electrons. The number of ether oxygens (including phenoxy) is 1. The van der Waals surface area contributed by atoms with E-state index in [-0.39, 0.29) is 12.4 Å². The number of amides is 1. The summed E-state index contributed by atoms with van der Waals surface area (Å²) in [5.41, 5.74) is 0.773. The fourth-order valence-corrected chi connectivity index (χ4v) is 2.83. The molecular formula is C16H16FN3O4. The van der Waals surface area contributed by atoms with Crippen molar-refractivity contribution in [3.63, 3.8) is 0 Å². The Labute approximate surface area is 137 Å². The molecule has 1 aliphatic heterocycles. The van der Waals surface area contributed by atoms with Crippen molar-refractivity contribution in [1.29, 1.82) is 0 Å². The van der Waals surface area contributed by atoms with Crippen LogP contribution in [-0.4, -0.2) is 33.4 Å². The van der Waals surface area contributed by atoms with E-state index in [4.69, 9.17) is 4.74 Å². The van der Waals surface area contributed by atoms with Crippen LogP contribution in [-0.2, 0) is 16.6 Å². The Bertz CT molecular complexity index is 789. The topological polar surface area (TPSA) is 93.5 Å². The molecule has 0 radical (unpaired) electrons. The third-order valence-electron chi connectivity index (χ3n) is 4.03. The Morgan fingerprint density at radius 1 is 1.46 bits per heavy atom. The molecule has 3 rings (SSSR count). The summed E-state index contributed by atoms with van der Waals surface area (Å²) in [6.07, 6.45) is 1.80. The van der Waals surface area contributed by atoms with E-state index in [0.29, 0.717) is 17.7 Å². The molecule has 2 heterocycles. The van der Waals surface area contributed by atoms with E-state index in [2.05, 4.69) is 10.4 Å². The van der Waals surface area contributed by atoms with Crippen molar-refractivity contribution in [2.45, 2.75) is 18.4 Å². The number of carbonyl (C=O) groups is 2. The van der Waals surface area contributed by atoms with Gasteiger partial charge in [-0.2, -0.15) is 5.10 Å². The van der Waals surface area contributed by atoms with Gasteiger partial charge < -0.3 is 15.2 Å². The van der Waals surface area contributed by atoms with E-state index < -0.39 is 29.7 Å². The summed E-state index contributed by atoms with van der Waals surface area (Å²) in [7, 11) is 1.59. The fraction of sp³-hybridized carbons (Fsp3) is 0.312. The van der Waals surface area contributed by atoms with Gasteiger partial charge in [0.2, 0.25) is 5.91 Å². The number of nitrogens with one attached hydrogen (secondary N) is 1. The zero-order valence-corrected chi connectivity index (χ0v) is 12.9. The van der Waals surface area contributed by atoms with Crippen molar-refractivity contribution in [2.75, 3.05) is 6.61 Å². The highest BCUT2D eigenvalue weighted by atomic mass is 19.1. The molecule has 1 aliphatic rings. The molecule has 2 atom stereocenters. The van der Waals surface area contributed by atoms with Crippen LogP contribution in [0.25, 0.3) is 0 Å². The fourth-order valence-electron chi connectivity index (χ4n) is 2.83. The van der Waals surface area contributed by atoms with E-state index in [1.54, 1.807) is 13.1 Å². The molecule has 0 saturated carbocycles. The second kappa shape index (κ2) is 6.31. The number of para-hydroxylation sites is 1. The zero-order valence-electron chi connectivity index (χ0n) is 12.9. The predicted octanol–water partition coefficient (Wildman–Crippen LogP) is 1.37. The number of halogens is 1. The maximum atomic E-state index is 13.8. The summed E-state index contributed by atoms with van der Waals surface area (Å²) in [5, 5.41) is 15.8. The number of rotatable bonds is 4. The second-order valence-electron chi connectivity index (χ2n) is 5.51. The van der Waals surface area contributed by atoms with Gasteiger partial charge in [-0.25, -0.2) is 9.18 Å². The molecule has 0 spiro atoms. The highest BCUT2D eigenvalue weighted by Crippen LogP contribution is 2.36. The lowest BCUT2D eigenvalue weighted by Crippen LogP contribution is -2.39. The van der Waals surface area contributed by atoms with Gasteiger partial charge in [0, 0.05) is 18.8 Å². The highest BCUT2D eigenvalue weighted by Gasteiger charge is 2.33. The van der Waals surface area contributed by atoms with Crippen molar-refractivity contribution in [2.24, 2.45) is 7.05 Å². The van der Waals surface area contributed by atoms with E-state index in [1.807, 2.05) is 0 Å². The van der Waals surface area contributed by atoms with Gasteiger partial charge in [-0.1, -0.05) is 12.1 Å². The summed E-state index contributed by atoms with van der Waals surface area (Å²) in [5.74, 6) is -2.83. The first kappa shape index (κ1) is 16.0. The van der Waals surface area contributed by atoms with E-state index in [0.717, 1.165) is 0 Å². The molecule has 1 amide bonds. The SMILES string of the molecule is Cn1nccc1C(NC(=O)C1CCOc2c(F)cccc21)C(=O)O. The van der Waals surface area contributed by atoms with Crippen LogP contribution in [0.3, 0.4) is 0 Å². The molecule has 0 fully saturated rings. The van der Waals surface area contributed by atoms with Crippen molar-refractivity contribution in [1.82, 2.24) is 15.1 Å². The number of carboxylic acids is 1. The molecule has 1 aromatic heterocycles. The Morgan fingerprint density at radius 2 is 2.25 bits per heavy atom. The van der Waals surface area contributed by atoms with Crippen molar-refractivity contribution < 1.29 is 23.8 Å². The molecule has 0 aliphatic carbocycles. The molecule has 2 unspecified atom stereocenters. The third kappa shape index (κ3) is 2.82. The average molecular weight is 333 g/mol. The van der Waals surface area contributed by atoms with Crippen LogP contribution in [0.1, 0.15) is 29.6 Å². The standard InChI is InChI=1S/C16H16FN3O4/c1-20-12(5-7-18-20)13(16(22)23)19-15(21)10-6-8-24-14-9(10)3-2-4-11(14)17/h2-5,7,10,13H,6,8H2,1H3,(H,19,21)(H,22,23). The van der Waals surface area contributed by atoms with Crippen LogP contribution in [0.5, 0.6) is 5.75 Å². The highest BCUT2D eigenvalue weighted by molar-refractivity contribution is 5.89. The van der Waals surface area contributed by atoms with Crippen molar-refractivity contribution in [3.8, 4) is 5.75 Å². The molecule has 2 N–H and O–H groups in total. The zero-order chi connectivity index (χ0) is 17.3. The lowest BCUT2D eigenvalue weighted by atomic mass is 9.91. The average Bonchev–Trinajstić information content (AvgIpc) is 2.98. The Morgan fingerprint density at radius 3 is 2.92 bits per heavy atom. The summed E-state index contributed by atoms with van der Waals surface area (Å²) in [4.78, 5) is 24.1. The number of fused-ring (bicyclic) bond motifs is 1. The lowest BCUT2D eigenvalue weighted by molar-refractivity contribution is -0.142. The van der Waals surface area contributed by atoms with Crippen LogP contribution in [0.4, 0.5) is 4.39 Å². The normalized spacial score (nSPS) is 17.5. The summed E-state index contributed by atoms with van der Waals surface area (Å²) < 4.78 is 20.5. The second-order valence-corrected chi connectivity index (χ2v) is 5.51. The van der Waals surface area contributed by atoms with Crippen LogP contribution in [0.2, 0.25) is 0 Å². The number of nitrogens with zero attached hydrogens (tertiary/aromatic N) is 2. The third-order valence-corrected chi connectivity index (χ3v) is 4.03. The number of hydrogen-bond donors (Lipinski definition) is 2. The minimum Gasteiger partial charge on any atom is -0.490 e. The van der Waals surface area contributed by atoms with Gasteiger partial charge in [0.25, 0.3) is 0 Å². The quantitative estimate of drug-likeness (QED) is 0.881. The molecule has 0 saturated heterocycles. The Hall–Kier alpha value is -2.90. The smallest absolute Gasteiger partial charge is 0.332 e. The number of hydrogen-bond acceptors (Lipinski definition) is 4. The molecule has 7 nitrogen and oxygen atoms in total. The van der Waals surface area contributed by atoms with Gasteiger partial charge in [-0.05, 0) is 18.6 Å². The minimum absolute atomic E-state index is 0.0521. The first-order chi connectivity index (χ1) is 11.5. The number of aromatic nitrogens is 2. The summed E-state index contributed by atoms with van der Waals surface area (Å²) >= 11 is 0. The molecule has 0 bridgehead atoms. The van der Waals surface area contributed by atoms with Gasteiger partial charge in [0.15, 0.2) is 17.6 Å². The Kier molecular flexibility index (Phi) is 4.20. The maximum Gasteiger partial charge on any atom is 0.332 e. The van der Waals surface area contributed by atoms with Crippen molar-refractivity contribution in [3.05, 3.63) is 47.5 Å². The number of aryl methyl sites for hydroxylation is 1. The van der Waals surface area contributed by atoms with Gasteiger partial charge >= 0.3 is 5.97 Å². The summed E-state index contributed by atoms with van der Waals surface area (Å²) in [6.45, 7) is 0.190. The lowest BCUT2D eigenvalue weighted by Gasteiger charge is -2.26. The van der Waals surface area contributed by atoms with Crippen LogP contribution < -0.4 is 10.1 Å². The van der Waals surface area contributed by atoms with Crippen molar-refractivity contribution >= 4 is 11.9 Å². The first-order valence-electron chi connectivity index (χ1n) is 7.41. The van der Waals surface area contributed by atoms with Gasteiger partial charge in [0.1, 0.15) is 0 Å². The van der Waals surface area contributed by atoms with Crippen LogP contribution >= 0.6 is 0 Å². The van der Waals surface area contributed by atoms with E-state index >= 15 is 0 Å². The molecule has 8 heteroatoms. The minimum atomic E-state index is -1.23. The van der Waals surface area contributed by atoms with Gasteiger partial charge in [-0.15, -0.1) is 0 Å². The monoisotopic (exact) mass is 333 g/mol. The maximum absolute atomic E-state index is 13.8.